The van der Waals surface area contributed by atoms with Gasteiger partial charge < -0.3 is 4.74 Å². The van der Waals surface area contributed by atoms with Crippen molar-refractivity contribution >= 4 is 23.3 Å². The molecule has 21 heavy (non-hydrogen) atoms. The molecule has 2 aromatic carbocycles. The third-order valence-electron chi connectivity index (χ3n) is 2.88. The first-order chi connectivity index (χ1) is 10.2. The molecule has 2 rings (SSSR count). The molecular weight excluding hydrogens is 266 g/mol. The maximum Gasteiger partial charge on any atom is 0.315 e. The van der Waals surface area contributed by atoms with Crippen LogP contribution in [-0.4, -0.2) is 18.5 Å². The molecule has 0 aromatic heterocycles. The van der Waals surface area contributed by atoms with E-state index < -0.39 is 5.97 Å². The van der Waals surface area contributed by atoms with Crippen LogP contribution < -0.4 is 4.90 Å². The maximum atomic E-state index is 12.5. The van der Waals surface area contributed by atoms with Gasteiger partial charge in [0, 0.05) is 11.4 Å². The molecule has 0 saturated carbocycles. The minimum absolute atomic E-state index is 0.267. The number of hydrogen-bond donors (Lipinski definition) is 0. The van der Waals surface area contributed by atoms with Crippen LogP contribution in [-0.2, 0) is 14.3 Å². The molecule has 1 amide bonds. The van der Waals surface area contributed by atoms with Crippen molar-refractivity contribution in [3.8, 4) is 0 Å². The van der Waals surface area contributed by atoms with E-state index in [1.165, 1.54) is 4.90 Å². The Balaban J connectivity index is 2.29. The summed E-state index contributed by atoms with van der Waals surface area (Å²) in [6.07, 6.45) is -0.280. The molecule has 0 bridgehead atoms. The lowest BCUT2D eigenvalue weighted by Crippen LogP contribution is -2.28. The molecule has 0 atom stereocenters. The SMILES string of the molecule is CCOC(=O)CC(=O)N(c1ccccc1)c1ccccc1. The second kappa shape index (κ2) is 7.24. The molecular formula is C17H17NO3. The van der Waals surface area contributed by atoms with E-state index >= 15 is 0 Å². The maximum absolute atomic E-state index is 12.5. The minimum Gasteiger partial charge on any atom is -0.466 e. The second-order valence-electron chi connectivity index (χ2n) is 4.38. The quantitative estimate of drug-likeness (QED) is 0.625. The topological polar surface area (TPSA) is 46.6 Å². The first-order valence-electron chi connectivity index (χ1n) is 6.81. The Morgan fingerprint density at radius 3 is 1.81 bits per heavy atom. The van der Waals surface area contributed by atoms with Crippen molar-refractivity contribution in [2.75, 3.05) is 11.5 Å². The summed E-state index contributed by atoms with van der Waals surface area (Å²) in [5.74, 6) is -0.829. The molecule has 0 aliphatic carbocycles. The number of ether oxygens (including phenoxy) is 1. The van der Waals surface area contributed by atoms with Gasteiger partial charge in [-0.1, -0.05) is 36.4 Å². The first-order valence-corrected chi connectivity index (χ1v) is 6.81. The molecule has 108 valence electrons. The Hall–Kier alpha value is -2.62. The van der Waals surface area contributed by atoms with Crippen LogP contribution in [0.5, 0.6) is 0 Å². The average Bonchev–Trinajstić information content (AvgIpc) is 2.50. The fourth-order valence-corrected chi connectivity index (χ4v) is 2.01. The lowest BCUT2D eigenvalue weighted by molar-refractivity contribution is -0.145. The van der Waals surface area contributed by atoms with Gasteiger partial charge in [-0.05, 0) is 31.2 Å². The summed E-state index contributed by atoms with van der Waals surface area (Å²) in [4.78, 5) is 25.5. The van der Waals surface area contributed by atoms with Crippen LogP contribution in [0.15, 0.2) is 60.7 Å². The fourth-order valence-electron chi connectivity index (χ4n) is 2.01. The highest BCUT2D eigenvalue weighted by Crippen LogP contribution is 2.25. The molecule has 0 unspecified atom stereocenters. The van der Waals surface area contributed by atoms with E-state index in [9.17, 15) is 9.59 Å². The Kier molecular flexibility index (Phi) is 5.10. The van der Waals surface area contributed by atoms with Crippen LogP contribution >= 0.6 is 0 Å². The summed E-state index contributed by atoms with van der Waals surface area (Å²) in [6.45, 7) is 1.98. The number of carbonyl (C=O) groups excluding carboxylic acids is 2. The number of nitrogens with zero attached hydrogens (tertiary/aromatic N) is 1. The normalized spacial score (nSPS) is 9.95. The first kappa shape index (κ1) is 14.8. The van der Waals surface area contributed by atoms with Crippen LogP contribution in [0.1, 0.15) is 13.3 Å². The van der Waals surface area contributed by atoms with Gasteiger partial charge in [0.05, 0.1) is 6.61 Å². The van der Waals surface area contributed by atoms with E-state index in [2.05, 4.69) is 0 Å². The number of hydrogen-bond acceptors (Lipinski definition) is 3. The van der Waals surface area contributed by atoms with E-state index in [4.69, 9.17) is 4.74 Å². The summed E-state index contributed by atoms with van der Waals surface area (Å²) in [5, 5.41) is 0. The highest BCUT2D eigenvalue weighted by Gasteiger charge is 2.21. The van der Waals surface area contributed by atoms with E-state index in [1.54, 1.807) is 6.92 Å². The van der Waals surface area contributed by atoms with Gasteiger partial charge in [0.15, 0.2) is 0 Å². The van der Waals surface area contributed by atoms with Crippen molar-refractivity contribution in [3.05, 3.63) is 60.7 Å². The van der Waals surface area contributed by atoms with Crippen LogP contribution in [0.2, 0.25) is 0 Å². The van der Waals surface area contributed by atoms with Crippen molar-refractivity contribution in [3.63, 3.8) is 0 Å². The zero-order chi connectivity index (χ0) is 15.1. The van der Waals surface area contributed by atoms with Gasteiger partial charge in [-0.15, -0.1) is 0 Å². The molecule has 0 fully saturated rings. The molecule has 0 aliphatic heterocycles. The lowest BCUT2D eigenvalue weighted by atomic mass is 10.2. The highest BCUT2D eigenvalue weighted by molar-refractivity contribution is 6.07. The fraction of sp³-hybridized carbons (Fsp3) is 0.176. The predicted molar refractivity (Wildman–Crippen MR) is 81.3 cm³/mol. The average molecular weight is 283 g/mol. The molecule has 0 heterocycles. The molecule has 0 radical (unpaired) electrons. The summed E-state index contributed by atoms with van der Waals surface area (Å²) in [7, 11) is 0. The molecule has 0 N–H and O–H groups in total. The van der Waals surface area contributed by atoms with E-state index in [-0.39, 0.29) is 18.9 Å². The van der Waals surface area contributed by atoms with E-state index in [0.717, 1.165) is 11.4 Å². The number of esters is 1. The van der Waals surface area contributed by atoms with Crippen LogP contribution in [0.3, 0.4) is 0 Å². The van der Waals surface area contributed by atoms with Crippen molar-refractivity contribution in [1.29, 1.82) is 0 Å². The summed E-state index contributed by atoms with van der Waals surface area (Å²) >= 11 is 0. The largest absolute Gasteiger partial charge is 0.466 e. The smallest absolute Gasteiger partial charge is 0.315 e. The number of benzene rings is 2. The Morgan fingerprint density at radius 2 is 1.38 bits per heavy atom. The van der Waals surface area contributed by atoms with Crippen molar-refractivity contribution in [2.45, 2.75) is 13.3 Å². The number of amides is 1. The van der Waals surface area contributed by atoms with Gasteiger partial charge in [0.1, 0.15) is 6.42 Å². The van der Waals surface area contributed by atoms with E-state index in [1.807, 2.05) is 60.7 Å². The van der Waals surface area contributed by atoms with Gasteiger partial charge in [-0.2, -0.15) is 0 Å². The molecule has 2 aromatic rings. The lowest BCUT2D eigenvalue weighted by Gasteiger charge is -2.22. The van der Waals surface area contributed by atoms with Gasteiger partial charge in [0.2, 0.25) is 5.91 Å². The van der Waals surface area contributed by atoms with Gasteiger partial charge >= 0.3 is 5.97 Å². The highest BCUT2D eigenvalue weighted by atomic mass is 16.5. The van der Waals surface area contributed by atoms with Crippen molar-refractivity contribution < 1.29 is 14.3 Å². The number of para-hydroxylation sites is 2. The standard InChI is InChI=1S/C17H17NO3/c1-2-21-17(20)13-16(19)18(14-9-5-3-6-10-14)15-11-7-4-8-12-15/h3-12H,2,13H2,1H3. The predicted octanol–water partition coefficient (Wildman–Crippen LogP) is 3.30. The van der Waals surface area contributed by atoms with Crippen molar-refractivity contribution in [2.24, 2.45) is 0 Å². The Bertz CT molecular complexity index is 556. The third kappa shape index (κ3) is 3.92. The van der Waals surface area contributed by atoms with Crippen molar-refractivity contribution in [1.82, 2.24) is 0 Å². The van der Waals surface area contributed by atoms with E-state index in [0.29, 0.717) is 0 Å². The molecule has 4 nitrogen and oxygen atoms in total. The van der Waals surface area contributed by atoms with Gasteiger partial charge in [-0.3, -0.25) is 14.5 Å². The Morgan fingerprint density at radius 1 is 0.905 bits per heavy atom. The summed E-state index contributed by atoms with van der Waals surface area (Å²) < 4.78 is 4.85. The van der Waals surface area contributed by atoms with Crippen LogP contribution in [0.25, 0.3) is 0 Å². The molecule has 0 saturated heterocycles. The van der Waals surface area contributed by atoms with Gasteiger partial charge in [-0.25, -0.2) is 0 Å². The summed E-state index contributed by atoms with van der Waals surface area (Å²) in [5.41, 5.74) is 1.44. The number of carbonyl (C=O) groups is 2. The number of rotatable bonds is 5. The number of anilines is 2. The zero-order valence-corrected chi connectivity index (χ0v) is 11.9. The molecule has 0 aliphatic rings. The monoisotopic (exact) mass is 283 g/mol. The minimum atomic E-state index is -0.514. The summed E-state index contributed by atoms with van der Waals surface area (Å²) in [6, 6.07) is 18.5. The third-order valence-corrected chi connectivity index (χ3v) is 2.88. The van der Waals surface area contributed by atoms with Gasteiger partial charge in [0.25, 0.3) is 0 Å². The molecule has 0 spiro atoms. The molecule has 4 heteroatoms. The second-order valence-corrected chi connectivity index (χ2v) is 4.38. The Labute approximate surface area is 124 Å². The van der Waals surface area contributed by atoms with Crippen LogP contribution in [0.4, 0.5) is 11.4 Å². The van der Waals surface area contributed by atoms with Crippen LogP contribution in [0, 0.1) is 0 Å². The zero-order valence-electron chi connectivity index (χ0n) is 11.9.